The SMILES string of the molecule is NC1CCN(C(=O)CCNCCNc2cccc3c2C(=O)N(C2CCC(=O)NC2=O)OC3)CC1. The summed E-state index contributed by atoms with van der Waals surface area (Å²) in [6.45, 7) is 3.36. The molecule has 3 heterocycles. The number of nitrogens with two attached hydrogens (primary N) is 1. The number of nitrogens with zero attached hydrogens (tertiary/aromatic N) is 2. The first kappa shape index (κ1) is 24.1. The van der Waals surface area contributed by atoms with Gasteiger partial charge in [0.25, 0.3) is 11.8 Å². The minimum absolute atomic E-state index is 0.142. The van der Waals surface area contributed by atoms with Crippen LogP contribution in [0.15, 0.2) is 18.2 Å². The summed E-state index contributed by atoms with van der Waals surface area (Å²) in [6, 6.07) is 4.84. The molecule has 3 aliphatic rings. The summed E-state index contributed by atoms with van der Waals surface area (Å²) in [6.07, 6.45) is 2.54. The van der Waals surface area contributed by atoms with Crippen molar-refractivity contribution in [3.8, 4) is 0 Å². The summed E-state index contributed by atoms with van der Waals surface area (Å²) in [5.74, 6) is -1.13. The number of piperidine rings is 2. The second-order valence-electron chi connectivity index (χ2n) is 8.86. The fraction of sp³-hybridized carbons (Fsp3) is 0.565. The number of carbonyl (C=O) groups is 4. The van der Waals surface area contributed by atoms with E-state index in [0.717, 1.165) is 36.6 Å². The lowest BCUT2D eigenvalue weighted by Crippen LogP contribution is -2.55. The van der Waals surface area contributed by atoms with Crippen LogP contribution in [0, 0.1) is 0 Å². The first-order valence-corrected chi connectivity index (χ1v) is 11.8. The predicted octanol–water partition coefficient (Wildman–Crippen LogP) is -0.279. The van der Waals surface area contributed by atoms with Gasteiger partial charge in [0.15, 0.2) is 0 Å². The van der Waals surface area contributed by atoms with Gasteiger partial charge in [0.05, 0.1) is 5.56 Å². The van der Waals surface area contributed by atoms with E-state index >= 15 is 0 Å². The van der Waals surface area contributed by atoms with E-state index in [1.54, 1.807) is 0 Å². The Morgan fingerprint density at radius 3 is 2.68 bits per heavy atom. The fourth-order valence-corrected chi connectivity index (χ4v) is 4.48. The highest BCUT2D eigenvalue weighted by Gasteiger charge is 2.39. The number of benzene rings is 1. The van der Waals surface area contributed by atoms with Crippen LogP contribution in [0.1, 0.15) is 48.0 Å². The number of nitrogens with one attached hydrogen (secondary N) is 3. The number of hydroxylamine groups is 2. The van der Waals surface area contributed by atoms with Crippen LogP contribution in [-0.4, -0.2) is 78.4 Å². The zero-order chi connectivity index (χ0) is 24.1. The van der Waals surface area contributed by atoms with Gasteiger partial charge >= 0.3 is 0 Å². The van der Waals surface area contributed by atoms with Crippen LogP contribution in [0.5, 0.6) is 0 Å². The minimum Gasteiger partial charge on any atom is -0.383 e. The largest absolute Gasteiger partial charge is 0.383 e. The Balaban J connectivity index is 1.26. The van der Waals surface area contributed by atoms with Crippen molar-refractivity contribution in [3.05, 3.63) is 29.3 Å². The van der Waals surface area contributed by atoms with E-state index in [2.05, 4.69) is 16.0 Å². The average Bonchev–Trinajstić information content (AvgIpc) is 2.82. The molecule has 2 fully saturated rings. The Morgan fingerprint density at radius 1 is 1.12 bits per heavy atom. The van der Waals surface area contributed by atoms with Crippen molar-refractivity contribution < 1.29 is 24.0 Å². The topological polar surface area (TPSA) is 146 Å². The van der Waals surface area contributed by atoms with Crippen LogP contribution >= 0.6 is 0 Å². The molecular formula is C23H32N6O5. The number of fused-ring (bicyclic) bond motifs is 1. The highest BCUT2D eigenvalue weighted by atomic mass is 16.7. The Hall–Kier alpha value is -3.02. The molecule has 0 aromatic heterocycles. The number of likely N-dealkylation sites (tertiary alicyclic amines) is 1. The molecule has 3 aliphatic heterocycles. The molecule has 0 bridgehead atoms. The standard InChI is InChI=1S/C23H32N6O5/c24-16-7-12-28(13-8-16)20(31)6-9-25-10-11-26-17-3-1-2-15-14-34-29(23(33)21(15)17)18-4-5-19(30)27-22(18)32/h1-3,16,18,25-26H,4-14,24H2,(H,27,30,32). The molecule has 4 amide bonds. The van der Waals surface area contributed by atoms with Gasteiger partial charge in [-0.15, -0.1) is 0 Å². The fourth-order valence-electron chi connectivity index (χ4n) is 4.48. The number of carbonyl (C=O) groups excluding carboxylic acids is 4. The molecule has 5 N–H and O–H groups in total. The van der Waals surface area contributed by atoms with E-state index in [4.69, 9.17) is 10.6 Å². The highest BCUT2D eigenvalue weighted by Crippen LogP contribution is 2.29. The summed E-state index contributed by atoms with van der Waals surface area (Å²) in [5, 5.41) is 9.88. The predicted molar refractivity (Wildman–Crippen MR) is 123 cm³/mol. The lowest BCUT2D eigenvalue weighted by atomic mass is 10.0. The second-order valence-corrected chi connectivity index (χ2v) is 8.86. The van der Waals surface area contributed by atoms with Crippen LogP contribution < -0.4 is 21.7 Å². The van der Waals surface area contributed by atoms with Gasteiger partial charge in [-0.2, -0.15) is 0 Å². The van der Waals surface area contributed by atoms with Gasteiger partial charge in [-0.25, -0.2) is 5.06 Å². The molecule has 1 atom stereocenters. The molecule has 34 heavy (non-hydrogen) atoms. The summed E-state index contributed by atoms with van der Waals surface area (Å²) >= 11 is 0. The van der Waals surface area contributed by atoms with Crippen molar-refractivity contribution >= 4 is 29.3 Å². The maximum atomic E-state index is 13.2. The number of hydrogen-bond acceptors (Lipinski definition) is 8. The maximum absolute atomic E-state index is 13.2. The molecule has 0 radical (unpaired) electrons. The normalized spacial score (nSPS) is 21.3. The van der Waals surface area contributed by atoms with Crippen LogP contribution in [0.3, 0.4) is 0 Å². The van der Waals surface area contributed by atoms with Crippen molar-refractivity contribution in [2.75, 3.05) is 38.0 Å². The zero-order valence-electron chi connectivity index (χ0n) is 19.2. The van der Waals surface area contributed by atoms with Crippen molar-refractivity contribution in [1.82, 2.24) is 20.6 Å². The van der Waals surface area contributed by atoms with Crippen molar-refractivity contribution in [3.63, 3.8) is 0 Å². The molecule has 11 nitrogen and oxygen atoms in total. The van der Waals surface area contributed by atoms with E-state index in [9.17, 15) is 19.2 Å². The molecule has 184 valence electrons. The molecule has 4 rings (SSSR count). The number of hydrogen-bond donors (Lipinski definition) is 4. The molecule has 1 aromatic rings. The molecule has 0 aliphatic carbocycles. The molecule has 1 aromatic carbocycles. The van der Waals surface area contributed by atoms with Gasteiger partial charge in [-0.05, 0) is 30.9 Å². The van der Waals surface area contributed by atoms with Gasteiger partial charge in [0, 0.05) is 57.3 Å². The first-order chi connectivity index (χ1) is 16.4. The van der Waals surface area contributed by atoms with Crippen LogP contribution in [0.2, 0.25) is 0 Å². The molecular weight excluding hydrogens is 440 g/mol. The monoisotopic (exact) mass is 472 g/mol. The number of rotatable bonds is 8. The molecule has 2 saturated heterocycles. The third kappa shape index (κ3) is 5.54. The van der Waals surface area contributed by atoms with E-state index in [0.29, 0.717) is 37.3 Å². The number of anilines is 1. The van der Waals surface area contributed by atoms with Crippen LogP contribution in [0.4, 0.5) is 5.69 Å². The maximum Gasteiger partial charge on any atom is 0.280 e. The Kier molecular flexibility index (Phi) is 7.76. The van der Waals surface area contributed by atoms with Crippen molar-refractivity contribution in [2.45, 2.75) is 50.8 Å². The molecule has 1 unspecified atom stereocenters. The third-order valence-electron chi connectivity index (χ3n) is 6.44. The minimum atomic E-state index is -0.832. The summed E-state index contributed by atoms with van der Waals surface area (Å²) in [7, 11) is 0. The Bertz CT molecular complexity index is 946. The smallest absolute Gasteiger partial charge is 0.280 e. The van der Waals surface area contributed by atoms with Gasteiger partial charge in [0.1, 0.15) is 12.6 Å². The first-order valence-electron chi connectivity index (χ1n) is 11.8. The third-order valence-corrected chi connectivity index (χ3v) is 6.44. The van der Waals surface area contributed by atoms with Crippen molar-refractivity contribution in [1.29, 1.82) is 0 Å². The highest BCUT2D eigenvalue weighted by molar-refractivity contribution is 6.06. The lowest BCUT2D eigenvalue weighted by molar-refractivity contribution is -0.178. The second kappa shape index (κ2) is 10.9. The van der Waals surface area contributed by atoms with E-state index in [-0.39, 0.29) is 37.3 Å². The Labute approximate surface area is 198 Å². The summed E-state index contributed by atoms with van der Waals surface area (Å²) in [4.78, 5) is 56.6. The van der Waals surface area contributed by atoms with E-state index in [1.165, 1.54) is 0 Å². The van der Waals surface area contributed by atoms with Crippen LogP contribution in [-0.2, 0) is 25.8 Å². The van der Waals surface area contributed by atoms with Gasteiger partial charge in [-0.1, -0.05) is 12.1 Å². The summed E-state index contributed by atoms with van der Waals surface area (Å²) < 4.78 is 0. The van der Waals surface area contributed by atoms with Gasteiger partial charge in [-0.3, -0.25) is 29.3 Å². The lowest BCUT2D eigenvalue weighted by Gasteiger charge is -2.35. The van der Waals surface area contributed by atoms with Gasteiger partial charge in [0.2, 0.25) is 11.8 Å². The van der Waals surface area contributed by atoms with E-state index in [1.807, 2.05) is 23.1 Å². The number of amides is 4. The van der Waals surface area contributed by atoms with Crippen molar-refractivity contribution in [2.24, 2.45) is 5.73 Å². The zero-order valence-corrected chi connectivity index (χ0v) is 19.2. The molecule has 11 heteroatoms. The number of imide groups is 1. The average molecular weight is 473 g/mol. The Morgan fingerprint density at radius 2 is 1.91 bits per heavy atom. The molecule has 0 saturated carbocycles. The van der Waals surface area contributed by atoms with Gasteiger partial charge < -0.3 is 21.3 Å². The van der Waals surface area contributed by atoms with E-state index < -0.39 is 17.9 Å². The van der Waals surface area contributed by atoms with Crippen LogP contribution in [0.25, 0.3) is 0 Å². The quantitative estimate of drug-likeness (QED) is 0.299. The molecule has 0 spiro atoms. The summed E-state index contributed by atoms with van der Waals surface area (Å²) in [5.41, 5.74) is 7.75.